The Labute approximate surface area is 193 Å². The summed E-state index contributed by atoms with van der Waals surface area (Å²) in [5.41, 5.74) is 0. The van der Waals surface area contributed by atoms with E-state index >= 15 is 0 Å². The molecule has 0 bridgehead atoms. The minimum atomic E-state index is 0. The first-order valence-corrected chi connectivity index (χ1v) is 11.3. The van der Waals surface area contributed by atoms with Crippen LogP contribution in [0.5, 0.6) is 0 Å². The van der Waals surface area contributed by atoms with Crippen molar-refractivity contribution in [1.29, 1.82) is 0 Å². The molecule has 0 nitrogen and oxygen atoms in total. The minimum absolute atomic E-state index is 0. The maximum atomic E-state index is 4.51. The van der Waals surface area contributed by atoms with Crippen LogP contribution in [0.4, 0.5) is 0 Å². The monoisotopic (exact) mass is 474 g/mol. The van der Waals surface area contributed by atoms with Crippen LogP contribution in [0.2, 0.25) is 0 Å². The molecule has 0 aromatic rings. The van der Waals surface area contributed by atoms with Gasteiger partial charge < -0.3 is 14.9 Å². The van der Waals surface area contributed by atoms with E-state index in [0.717, 1.165) is 0 Å². The molecule has 2 aliphatic carbocycles. The molecular formula is C22H36Cl2Cr2+2. The molecule has 148 valence electrons. The maximum absolute atomic E-state index is 4.51. The van der Waals surface area contributed by atoms with Crippen molar-refractivity contribution in [2.75, 3.05) is 0 Å². The first-order valence-electron chi connectivity index (χ1n) is 7.81. The molecular weight excluding hydrogens is 439 g/mol. The van der Waals surface area contributed by atoms with Crippen molar-refractivity contribution in [3.05, 3.63) is 74.0 Å². The molecule has 0 spiro atoms. The zero-order valence-corrected chi connectivity index (χ0v) is 22.6. The van der Waals surface area contributed by atoms with Crippen molar-refractivity contribution in [1.82, 2.24) is 0 Å². The van der Waals surface area contributed by atoms with E-state index in [9.17, 15) is 0 Å². The molecule has 0 saturated heterocycles. The van der Waals surface area contributed by atoms with Crippen molar-refractivity contribution in [2.24, 2.45) is 0 Å². The molecule has 2 aliphatic rings. The first kappa shape index (κ1) is 35.1. The molecule has 0 aliphatic heterocycles. The van der Waals surface area contributed by atoms with Gasteiger partial charge in [0.25, 0.3) is 0 Å². The van der Waals surface area contributed by atoms with Crippen molar-refractivity contribution in [3.8, 4) is 0 Å². The first-order chi connectivity index (χ1) is 11.1. The molecule has 10 radical (unpaired) electrons. The van der Waals surface area contributed by atoms with Gasteiger partial charge in [-0.3, -0.25) is 0 Å². The summed E-state index contributed by atoms with van der Waals surface area (Å²) in [5.74, 6) is 14.7. The standard InChI is InChI=1S/2C10H15.2CH3.2ClH.2Cr/c2*1-6-7(2)9(4)10(5)8(6)3;;;;;;/h2*1-5H3;2*1H3;2*1H;;/q;;2*-1;;;2*+3/p-2. The van der Waals surface area contributed by atoms with E-state index in [1.165, 1.54) is 59.2 Å². The van der Waals surface area contributed by atoms with E-state index < -0.39 is 0 Å². The second-order valence-electron chi connectivity index (χ2n) is 6.25. The van der Waals surface area contributed by atoms with E-state index in [-0.39, 0.29) is 14.9 Å². The van der Waals surface area contributed by atoms with Gasteiger partial charge in [0.1, 0.15) is 0 Å². The molecule has 0 aromatic heterocycles. The van der Waals surface area contributed by atoms with E-state index in [0.29, 0.717) is 0 Å². The second-order valence-corrected chi connectivity index (χ2v) is 6.25. The van der Waals surface area contributed by atoms with E-state index in [1.807, 2.05) is 0 Å². The third-order valence-corrected chi connectivity index (χ3v) is 5.62. The molecule has 26 heavy (non-hydrogen) atoms. The molecule has 0 amide bonds. The zero-order chi connectivity index (χ0) is 19.8. The van der Waals surface area contributed by atoms with Crippen LogP contribution >= 0.6 is 20.1 Å². The van der Waals surface area contributed by atoms with Gasteiger partial charge in [0.2, 0.25) is 0 Å². The summed E-state index contributed by atoms with van der Waals surface area (Å²) in [7, 11) is 9.03. The van der Waals surface area contributed by atoms with Gasteiger partial charge in [-0.2, -0.15) is 0 Å². The Morgan fingerprint density at radius 3 is 0.385 bits per heavy atom. The molecule has 0 aromatic carbocycles. The Hall–Kier alpha value is 1.64. The normalized spacial score (nSPS) is 22.2. The Bertz CT molecular complexity index is 195. The molecule has 2 fully saturated rings. The van der Waals surface area contributed by atoms with Crippen LogP contribution < -0.4 is 0 Å². The van der Waals surface area contributed by atoms with Crippen LogP contribution in [0, 0.1) is 74.0 Å². The fourth-order valence-electron chi connectivity index (χ4n) is 2.81. The quantitative estimate of drug-likeness (QED) is 0.310. The second kappa shape index (κ2) is 17.5. The van der Waals surface area contributed by atoms with Crippen LogP contribution in [0.25, 0.3) is 0 Å². The Morgan fingerprint density at radius 2 is 0.346 bits per heavy atom. The van der Waals surface area contributed by atoms with Crippen LogP contribution in [0.3, 0.4) is 0 Å². The van der Waals surface area contributed by atoms with Crippen molar-refractivity contribution in [3.63, 3.8) is 0 Å². The summed E-state index contributed by atoms with van der Waals surface area (Å²) in [6, 6.07) is 0. The SMILES string of the molecule is C[C]1[C](C)[C](C)[C](C)[C]1C.C[C]1[C](C)[C](C)[C](C)[C]1C.[CH3-].[CH3-].[Cl][Cr+2].[Cl][Cr+2]. The average molecular weight is 475 g/mol. The third kappa shape index (κ3) is 8.98. The Kier molecular flexibility index (Phi) is 23.6. The van der Waals surface area contributed by atoms with Crippen LogP contribution in [0.1, 0.15) is 69.2 Å². The number of rotatable bonds is 0. The zero-order valence-electron chi connectivity index (χ0n) is 18.6. The summed E-state index contributed by atoms with van der Waals surface area (Å²) in [6.45, 7) is 22.0. The summed E-state index contributed by atoms with van der Waals surface area (Å²) < 4.78 is 0. The molecule has 0 atom stereocenters. The molecule has 0 heterocycles. The van der Waals surface area contributed by atoms with Gasteiger partial charge in [-0.1, -0.05) is 69.2 Å². The van der Waals surface area contributed by atoms with Crippen LogP contribution in [-0.2, 0) is 30.7 Å². The Morgan fingerprint density at radius 1 is 0.308 bits per heavy atom. The molecule has 0 unspecified atom stereocenters. The van der Waals surface area contributed by atoms with Gasteiger partial charge in [0, 0.05) is 0 Å². The van der Waals surface area contributed by atoms with Crippen molar-refractivity contribution in [2.45, 2.75) is 69.2 Å². The summed E-state index contributed by atoms with van der Waals surface area (Å²) in [5, 5.41) is 0. The van der Waals surface area contributed by atoms with Gasteiger partial charge >= 0.3 is 50.8 Å². The fourth-order valence-corrected chi connectivity index (χ4v) is 2.81. The summed E-state index contributed by atoms with van der Waals surface area (Å²) >= 11 is 4.19. The fraction of sp³-hybridized carbons (Fsp3) is 0.455. The van der Waals surface area contributed by atoms with Gasteiger partial charge in [-0.15, -0.1) is 0 Å². The molecule has 4 heteroatoms. The summed E-state index contributed by atoms with van der Waals surface area (Å²) in [6.07, 6.45) is 0. The van der Waals surface area contributed by atoms with E-state index in [4.69, 9.17) is 0 Å². The third-order valence-electron chi connectivity index (χ3n) is 5.62. The van der Waals surface area contributed by atoms with Gasteiger partial charge in [0.15, 0.2) is 0 Å². The average Bonchev–Trinajstić information content (AvgIpc) is 2.89. The predicted octanol–water partition coefficient (Wildman–Crippen LogP) is 8.22. The van der Waals surface area contributed by atoms with Gasteiger partial charge in [-0.05, 0) is 59.2 Å². The van der Waals surface area contributed by atoms with Crippen molar-refractivity contribution >= 4 is 20.1 Å². The van der Waals surface area contributed by atoms with Gasteiger partial charge in [-0.25, -0.2) is 0 Å². The van der Waals surface area contributed by atoms with E-state index in [1.54, 1.807) is 0 Å². The topological polar surface area (TPSA) is 0 Å². The Balaban J connectivity index is -0.000000147. The number of hydrogen-bond donors (Lipinski definition) is 0. The van der Waals surface area contributed by atoms with Crippen LogP contribution in [0.15, 0.2) is 0 Å². The van der Waals surface area contributed by atoms with Crippen molar-refractivity contribution < 1.29 is 30.7 Å². The van der Waals surface area contributed by atoms with Gasteiger partial charge in [0.05, 0.1) is 0 Å². The van der Waals surface area contributed by atoms with E-state index in [2.05, 4.69) is 120 Å². The number of hydrogen-bond acceptors (Lipinski definition) is 0. The summed E-state index contributed by atoms with van der Waals surface area (Å²) in [4.78, 5) is 0. The molecule has 2 saturated carbocycles. The number of halogens is 2. The molecule has 2 rings (SSSR count). The molecule has 0 N–H and O–H groups in total. The predicted molar refractivity (Wildman–Crippen MR) is 114 cm³/mol. The van der Waals surface area contributed by atoms with Crippen LogP contribution in [-0.4, -0.2) is 0 Å².